The van der Waals surface area contributed by atoms with Crippen molar-refractivity contribution >= 4 is 5.97 Å². The predicted molar refractivity (Wildman–Crippen MR) is 85.6 cm³/mol. The van der Waals surface area contributed by atoms with E-state index in [2.05, 4.69) is 18.7 Å². The minimum Gasteiger partial charge on any atom is -0.481 e. The van der Waals surface area contributed by atoms with Crippen molar-refractivity contribution in [3.8, 4) is 0 Å². The van der Waals surface area contributed by atoms with Crippen LogP contribution in [0.2, 0.25) is 0 Å². The Morgan fingerprint density at radius 2 is 1.67 bits per heavy atom. The summed E-state index contributed by atoms with van der Waals surface area (Å²) in [6.07, 6.45) is 10.1. The molecule has 1 saturated heterocycles. The summed E-state index contributed by atoms with van der Waals surface area (Å²) in [4.78, 5) is 13.6. The van der Waals surface area contributed by atoms with Crippen molar-refractivity contribution < 1.29 is 14.6 Å². The monoisotopic (exact) mass is 299 g/mol. The van der Waals surface area contributed by atoms with E-state index in [1.165, 1.54) is 44.9 Å². The van der Waals surface area contributed by atoms with Crippen molar-refractivity contribution in [3.63, 3.8) is 0 Å². The maximum atomic E-state index is 11.3. The van der Waals surface area contributed by atoms with Gasteiger partial charge in [0.2, 0.25) is 0 Å². The Morgan fingerprint density at radius 3 is 2.29 bits per heavy atom. The van der Waals surface area contributed by atoms with Crippen LogP contribution in [0.4, 0.5) is 0 Å². The fourth-order valence-electron chi connectivity index (χ4n) is 3.14. The third kappa shape index (κ3) is 6.79. The van der Waals surface area contributed by atoms with E-state index in [1.54, 1.807) is 0 Å². The smallest absolute Gasteiger partial charge is 0.310 e. The Kier molecular flexibility index (Phi) is 9.68. The van der Waals surface area contributed by atoms with E-state index in [0.29, 0.717) is 13.2 Å². The number of unbranched alkanes of at least 4 members (excludes halogenated alkanes) is 6. The highest BCUT2D eigenvalue weighted by Crippen LogP contribution is 2.21. The molecule has 1 rings (SSSR count). The zero-order chi connectivity index (χ0) is 15.5. The van der Waals surface area contributed by atoms with Gasteiger partial charge in [-0.3, -0.25) is 9.69 Å². The number of carboxylic acid groups (broad SMARTS) is 1. The summed E-state index contributed by atoms with van der Waals surface area (Å²) in [6.45, 7) is 7.34. The Balaban J connectivity index is 2.27. The highest BCUT2D eigenvalue weighted by Gasteiger charge is 2.37. The van der Waals surface area contributed by atoms with Gasteiger partial charge in [-0.2, -0.15) is 0 Å². The van der Waals surface area contributed by atoms with Crippen LogP contribution in [-0.4, -0.2) is 48.3 Å². The first-order chi connectivity index (χ1) is 10.2. The average molecular weight is 299 g/mol. The van der Waals surface area contributed by atoms with E-state index < -0.39 is 5.97 Å². The van der Waals surface area contributed by atoms with Gasteiger partial charge in [0.25, 0.3) is 0 Å². The largest absolute Gasteiger partial charge is 0.481 e. The molecule has 1 fully saturated rings. The number of hydrogen-bond acceptors (Lipinski definition) is 3. The lowest BCUT2D eigenvalue weighted by atomic mass is 10.0. The van der Waals surface area contributed by atoms with Gasteiger partial charge in [-0.1, -0.05) is 52.4 Å². The van der Waals surface area contributed by atoms with Crippen molar-refractivity contribution in [2.45, 2.75) is 71.3 Å². The normalized spacial score (nSPS) is 22.0. The van der Waals surface area contributed by atoms with Crippen LogP contribution < -0.4 is 0 Å². The number of carboxylic acids is 1. The molecule has 2 unspecified atom stereocenters. The molecule has 0 saturated carbocycles. The van der Waals surface area contributed by atoms with Gasteiger partial charge in [0.15, 0.2) is 0 Å². The summed E-state index contributed by atoms with van der Waals surface area (Å²) in [5.74, 6) is -1.06. The lowest BCUT2D eigenvalue weighted by molar-refractivity contribution is -0.143. The van der Waals surface area contributed by atoms with Gasteiger partial charge in [-0.15, -0.1) is 0 Å². The maximum Gasteiger partial charge on any atom is 0.310 e. The molecular formula is C17H33NO3. The highest BCUT2D eigenvalue weighted by atomic mass is 16.5. The van der Waals surface area contributed by atoms with Gasteiger partial charge in [0.1, 0.15) is 0 Å². The fraction of sp³-hybridized carbons (Fsp3) is 0.941. The van der Waals surface area contributed by atoms with Crippen LogP contribution in [0.3, 0.4) is 0 Å². The molecule has 1 N–H and O–H groups in total. The van der Waals surface area contributed by atoms with Crippen LogP contribution in [0, 0.1) is 5.92 Å². The third-order valence-electron chi connectivity index (χ3n) is 4.40. The molecule has 1 aliphatic rings. The van der Waals surface area contributed by atoms with Gasteiger partial charge in [-0.25, -0.2) is 0 Å². The number of aliphatic carboxylic acids is 1. The quantitative estimate of drug-likeness (QED) is 0.560. The standard InChI is InChI=1S/C17H33NO3/c1-3-5-6-7-8-9-10-12-18(11-4-2)16-14-21-13-15(16)17(19)20/h15-16H,3-14H2,1-2H3,(H,19,20). The zero-order valence-corrected chi connectivity index (χ0v) is 13.9. The molecule has 124 valence electrons. The average Bonchev–Trinajstić information content (AvgIpc) is 2.94. The molecule has 1 aliphatic heterocycles. The van der Waals surface area contributed by atoms with Crippen molar-refractivity contribution in [2.75, 3.05) is 26.3 Å². The molecule has 21 heavy (non-hydrogen) atoms. The van der Waals surface area contributed by atoms with E-state index in [-0.39, 0.29) is 12.0 Å². The van der Waals surface area contributed by atoms with Crippen molar-refractivity contribution in [3.05, 3.63) is 0 Å². The minimum absolute atomic E-state index is 0.0718. The van der Waals surface area contributed by atoms with Crippen LogP contribution in [0.1, 0.15) is 65.2 Å². The maximum absolute atomic E-state index is 11.3. The molecule has 0 aromatic heterocycles. The molecule has 0 spiro atoms. The molecule has 0 bridgehead atoms. The highest BCUT2D eigenvalue weighted by molar-refractivity contribution is 5.71. The molecule has 0 amide bonds. The molecule has 0 aliphatic carbocycles. The zero-order valence-electron chi connectivity index (χ0n) is 13.9. The Hall–Kier alpha value is -0.610. The summed E-state index contributed by atoms with van der Waals surface area (Å²) < 4.78 is 5.41. The number of ether oxygens (including phenoxy) is 1. The Bertz CT molecular complexity index is 283. The van der Waals surface area contributed by atoms with Crippen LogP contribution in [0.5, 0.6) is 0 Å². The molecule has 1 heterocycles. The second-order valence-electron chi connectivity index (χ2n) is 6.21. The lowest BCUT2D eigenvalue weighted by Gasteiger charge is -2.30. The third-order valence-corrected chi connectivity index (χ3v) is 4.40. The van der Waals surface area contributed by atoms with Gasteiger partial charge in [-0.05, 0) is 25.9 Å². The van der Waals surface area contributed by atoms with E-state index >= 15 is 0 Å². The van der Waals surface area contributed by atoms with Gasteiger partial charge < -0.3 is 9.84 Å². The second kappa shape index (κ2) is 11.0. The molecule has 0 aromatic rings. The van der Waals surface area contributed by atoms with Gasteiger partial charge in [0.05, 0.1) is 19.1 Å². The molecular weight excluding hydrogens is 266 g/mol. The van der Waals surface area contributed by atoms with Crippen LogP contribution in [0.25, 0.3) is 0 Å². The topological polar surface area (TPSA) is 49.8 Å². The number of carbonyl (C=O) groups is 1. The molecule has 0 radical (unpaired) electrons. The summed E-state index contributed by atoms with van der Waals surface area (Å²) in [7, 11) is 0. The first-order valence-electron chi connectivity index (χ1n) is 8.75. The molecule has 2 atom stereocenters. The van der Waals surface area contributed by atoms with Gasteiger partial charge >= 0.3 is 5.97 Å². The van der Waals surface area contributed by atoms with Crippen LogP contribution in [0.15, 0.2) is 0 Å². The Labute approximate surface area is 129 Å². The van der Waals surface area contributed by atoms with Crippen molar-refractivity contribution in [2.24, 2.45) is 5.92 Å². The lowest BCUT2D eigenvalue weighted by Crippen LogP contribution is -2.44. The van der Waals surface area contributed by atoms with Gasteiger partial charge in [0, 0.05) is 6.04 Å². The van der Waals surface area contributed by atoms with Crippen LogP contribution >= 0.6 is 0 Å². The van der Waals surface area contributed by atoms with E-state index in [9.17, 15) is 9.90 Å². The van der Waals surface area contributed by atoms with E-state index in [4.69, 9.17) is 4.74 Å². The Morgan fingerprint density at radius 1 is 1.00 bits per heavy atom. The predicted octanol–water partition coefficient (Wildman–Crippen LogP) is 3.55. The first-order valence-corrected chi connectivity index (χ1v) is 8.75. The van der Waals surface area contributed by atoms with E-state index in [1.807, 2.05) is 0 Å². The van der Waals surface area contributed by atoms with E-state index in [0.717, 1.165) is 19.5 Å². The number of nitrogens with zero attached hydrogens (tertiary/aromatic N) is 1. The number of hydrogen-bond donors (Lipinski definition) is 1. The fourth-order valence-corrected chi connectivity index (χ4v) is 3.14. The number of rotatable bonds is 12. The van der Waals surface area contributed by atoms with Crippen LogP contribution in [-0.2, 0) is 9.53 Å². The molecule has 4 heteroatoms. The van der Waals surface area contributed by atoms with Crippen molar-refractivity contribution in [1.29, 1.82) is 0 Å². The molecule has 4 nitrogen and oxygen atoms in total. The molecule has 0 aromatic carbocycles. The summed E-state index contributed by atoms with van der Waals surface area (Å²) >= 11 is 0. The SMILES string of the molecule is CCCCCCCCCN(CCC)C1COCC1C(=O)O. The second-order valence-corrected chi connectivity index (χ2v) is 6.21. The first kappa shape index (κ1) is 18.4. The summed E-state index contributed by atoms with van der Waals surface area (Å²) in [5.41, 5.74) is 0. The minimum atomic E-state index is -0.710. The summed E-state index contributed by atoms with van der Waals surface area (Å²) in [6, 6.07) is 0.0718. The van der Waals surface area contributed by atoms with Crippen molar-refractivity contribution in [1.82, 2.24) is 4.90 Å². The summed E-state index contributed by atoms with van der Waals surface area (Å²) in [5, 5.41) is 9.29.